The molecule has 0 spiro atoms. The van der Waals surface area contributed by atoms with Crippen molar-refractivity contribution in [3.05, 3.63) is 0 Å². The van der Waals surface area contributed by atoms with E-state index in [1.54, 1.807) is 6.92 Å². The third-order valence-electron chi connectivity index (χ3n) is 2.03. The molecule has 3 nitrogen and oxygen atoms in total. The molecule has 0 unspecified atom stereocenters. The lowest BCUT2D eigenvalue weighted by Gasteiger charge is -2.39. The van der Waals surface area contributed by atoms with Gasteiger partial charge in [-0.05, 0) is 25.7 Å². The lowest BCUT2D eigenvalue weighted by Crippen LogP contribution is -2.50. The number of hydrogen-bond donors (Lipinski definition) is 1. The minimum atomic E-state index is -1.16. The fourth-order valence-electron chi connectivity index (χ4n) is 1.53. The molecule has 3 heteroatoms. The fourth-order valence-corrected chi connectivity index (χ4v) is 1.53. The molecule has 0 radical (unpaired) electrons. The van der Waals surface area contributed by atoms with Gasteiger partial charge in [0.05, 0.1) is 6.61 Å². The summed E-state index contributed by atoms with van der Waals surface area (Å²) in [6.45, 7) is 4.09. The Hall–Kier alpha value is -0.570. The largest absolute Gasteiger partial charge is 0.464 e. The van der Waals surface area contributed by atoms with Crippen LogP contribution >= 0.6 is 0 Å². The van der Waals surface area contributed by atoms with Crippen molar-refractivity contribution in [3.8, 4) is 0 Å². The van der Waals surface area contributed by atoms with Crippen LogP contribution in [0.2, 0.25) is 0 Å². The zero-order chi connectivity index (χ0) is 8.48. The van der Waals surface area contributed by atoms with Crippen LogP contribution in [0, 0.1) is 5.92 Å². The van der Waals surface area contributed by atoms with Crippen molar-refractivity contribution in [2.24, 2.45) is 5.92 Å². The number of carbonyl (C=O) groups is 1. The number of ether oxygens (including phenoxy) is 1. The van der Waals surface area contributed by atoms with Gasteiger partial charge in [-0.1, -0.05) is 6.92 Å². The van der Waals surface area contributed by atoms with E-state index in [1.807, 2.05) is 6.92 Å². The van der Waals surface area contributed by atoms with E-state index in [1.165, 1.54) is 0 Å². The van der Waals surface area contributed by atoms with Crippen molar-refractivity contribution in [2.75, 3.05) is 6.61 Å². The van der Waals surface area contributed by atoms with Crippen molar-refractivity contribution >= 4 is 5.97 Å². The standard InChI is InChI=1S/C8H14O3/c1-3-11-7(9)8(10)4-6(2)5-8/h6,10H,3-5H2,1-2H3. The smallest absolute Gasteiger partial charge is 0.338 e. The second-order valence-electron chi connectivity index (χ2n) is 3.27. The first kappa shape index (κ1) is 8.53. The molecule has 64 valence electrons. The average molecular weight is 158 g/mol. The molecule has 0 aromatic carbocycles. The molecule has 0 saturated heterocycles. The molecule has 0 heterocycles. The van der Waals surface area contributed by atoms with Crippen molar-refractivity contribution in [1.82, 2.24) is 0 Å². The first-order chi connectivity index (χ1) is 5.08. The van der Waals surface area contributed by atoms with Gasteiger partial charge in [-0.15, -0.1) is 0 Å². The molecule has 0 amide bonds. The van der Waals surface area contributed by atoms with E-state index in [9.17, 15) is 9.90 Å². The van der Waals surface area contributed by atoms with Crippen molar-refractivity contribution in [1.29, 1.82) is 0 Å². The number of carbonyl (C=O) groups excluding carboxylic acids is 1. The van der Waals surface area contributed by atoms with Crippen LogP contribution in [0.4, 0.5) is 0 Å². The van der Waals surface area contributed by atoms with Crippen LogP contribution in [0.5, 0.6) is 0 Å². The molecule has 1 N–H and O–H groups in total. The minimum Gasteiger partial charge on any atom is -0.464 e. The number of hydrogen-bond acceptors (Lipinski definition) is 3. The van der Waals surface area contributed by atoms with Crippen molar-refractivity contribution < 1.29 is 14.6 Å². The topological polar surface area (TPSA) is 46.5 Å². The van der Waals surface area contributed by atoms with Gasteiger partial charge in [-0.2, -0.15) is 0 Å². The van der Waals surface area contributed by atoms with Crippen LogP contribution in [-0.4, -0.2) is 23.3 Å². The highest BCUT2D eigenvalue weighted by molar-refractivity contribution is 5.80. The summed E-state index contributed by atoms with van der Waals surface area (Å²) in [4.78, 5) is 11.0. The molecular weight excluding hydrogens is 144 g/mol. The molecular formula is C8H14O3. The molecule has 0 bridgehead atoms. The summed E-state index contributed by atoms with van der Waals surface area (Å²) in [5.41, 5.74) is -1.16. The van der Waals surface area contributed by atoms with E-state index in [0.717, 1.165) is 0 Å². The van der Waals surface area contributed by atoms with E-state index < -0.39 is 11.6 Å². The first-order valence-electron chi connectivity index (χ1n) is 3.98. The number of esters is 1. The van der Waals surface area contributed by atoms with Gasteiger partial charge >= 0.3 is 5.97 Å². The van der Waals surface area contributed by atoms with Crippen LogP contribution in [-0.2, 0) is 9.53 Å². The lowest BCUT2D eigenvalue weighted by molar-refractivity contribution is -0.179. The molecule has 1 saturated carbocycles. The van der Waals surface area contributed by atoms with Crippen LogP contribution in [0.15, 0.2) is 0 Å². The van der Waals surface area contributed by atoms with E-state index in [2.05, 4.69) is 0 Å². The SMILES string of the molecule is CCOC(=O)C1(O)CC(C)C1. The zero-order valence-corrected chi connectivity index (χ0v) is 6.96. The van der Waals surface area contributed by atoms with Gasteiger partial charge in [-0.25, -0.2) is 4.79 Å². The van der Waals surface area contributed by atoms with Gasteiger partial charge in [0.2, 0.25) is 0 Å². The monoisotopic (exact) mass is 158 g/mol. The molecule has 0 aromatic heterocycles. The second-order valence-corrected chi connectivity index (χ2v) is 3.27. The zero-order valence-electron chi connectivity index (χ0n) is 6.96. The normalized spacial score (nSPS) is 36.1. The van der Waals surface area contributed by atoms with Gasteiger partial charge in [0.15, 0.2) is 5.60 Å². The Bertz CT molecular complexity index is 159. The molecule has 11 heavy (non-hydrogen) atoms. The average Bonchev–Trinajstić information content (AvgIpc) is 1.85. The molecule has 1 rings (SSSR count). The predicted molar refractivity (Wildman–Crippen MR) is 40.0 cm³/mol. The fraction of sp³-hybridized carbons (Fsp3) is 0.875. The maximum Gasteiger partial charge on any atom is 0.338 e. The highest BCUT2D eigenvalue weighted by Crippen LogP contribution is 2.38. The summed E-state index contributed by atoms with van der Waals surface area (Å²) in [5, 5.41) is 9.51. The van der Waals surface area contributed by atoms with Crippen LogP contribution in [0.3, 0.4) is 0 Å². The maximum atomic E-state index is 11.0. The quantitative estimate of drug-likeness (QED) is 0.602. The number of rotatable bonds is 2. The Morgan fingerprint density at radius 2 is 2.27 bits per heavy atom. The summed E-state index contributed by atoms with van der Waals surface area (Å²) in [6.07, 6.45) is 1.09. The molecule has 0 aliphatic heterocycles. The Morgan fingerprint density at radius 3 is 2.64 bits per heavy atom. The second kappa shape index (κ2) is 2.81. The third kappa shape index (κ3) is 1.53. The van der Waals surface area contributed by atoms with Gasteiger partial charge < -0.3 is 9.84 Å². The summed E-state index contributed by atoms with van der Waals surface area (Å²) < 4.78 is 4.71. The maximum absolute atomic E-state index is 11.0. The highest BCUT2D eigenvalue weighted by Gasteiger charge is 2.47. The Morgan fingerprint density at radius 1 is 1.73 bits per heavy atom. The predicted octanol–water partition coefficient (Wildman–Crippen LogP) is 0.710. The van der Waals surface area contributed by atoms with Crippen molar-refractivity contribution in [2.45, 2.75) is 32.3 Å². The van der Waals surface area contributed by atoms with Crippen LogP contribution < -0.4 is 0 Å². The summed E-state index contributed by atoms with van der Waals surface area (Å²) in [5.74, 6) is -0.0116. The van der Waals surface area contributed by atoms with E-state index in [-0.39, 0.29) is 0 Å². The van der Waals surface area contributed by atoms with Crippen LogP contribution in [0.1, 0.15) is 26.7 Å². The van der Waals surface area contributed by atoms with Gasteiger partial charge in [-0.3, -0.25) is 0 Å². The van der Waals surface area contributed by atoms with Gasteiger partial charge in [0, 0.05) is 0 Å². The van der Waals surface area contributed by atoms with E-state index >= 15 is 0 Å². The first-order valence-corrected chi connectivity index (χ1v) is 3.98. The molecule has 1 fully saturated rings. The number of aliphatic hydroxyl groups is 1. The van der Waals surface area contributed by atoms with Gasteiger partial charge in [0.1, 0.15) is 0 Å². The Labute approximate surface area is 66.4 Å². The third-order valence-corrected chi connectivity index (χ3v) is 2.03. The van der Waals surface area contributed by atoms with Crippen LogP contribution in [0.25, 0.3) is 0 Å². The summed E-state index contributed by atoms with van der Waals surface area (Å²) >= 11 is 0. The Balaban J connectivity index is 2.41. The Kier molecular flexibility index (Phi) is 2.18. The van der Waals surface area contributed by atoms with E-state index in [0.29, 0.717) is 25.4 Å². The van der Waals surface area contributed by atoms with E-state index in [4.69, 9.17) is 4.74 Å². The highest BCUT2D eigenvalue weighted by atomic mass is 16.5. The van der Waals surface area contributed by atoms with Gasteiger partial charge in [0.25, 0.3) is 0 Å². The molecule has 0 aromatic rings. The molecule has 0 atom stereocenters. The van der Waals surface area contributed by atoms with Crippen molar-refractivity contribution in [3.63, 3.8) is 0 Å². The minimum absolute atomic E-state index is 0.343. The summed E-state index contributed by atoms with van der Waals surface area (Å²) in [6, 6.07) is 0. The molecule has 1 aliphatic carbocycles. The molecule has 1 aliphatic rings. The summed E-state index contributed by atoms with van der Waals surface area (Å²) in [7, 11) is 0. The lowest BCUT2D eigenvalue weighted by atomic mass is 9.72.